The lowest BCUT2D eigenvalue weighted by Gasteiger charge is -2.16. The van der Waals surface area contributed by atoms with Crippen LogP contribution in [0.1, 0.15) is 36.5 Å². The van der Waals surface area contributed by atoms with Crippen molar-refractivity contribution in [2.75, 3.05) is 11.9 Å². The van der Waals surface area contributed by atoms with Gasteiger partial charge in [-0.2, -0.15) is 0 Å². The first-order valence-electron chi connectivity index (χ1n) is 7.05. The lowest BCUT2D eigenvalue weighted by atomic mass is 9.98. The molecule has 0 saturated heterocycles. The SMILES string of the molecule is CC1CCCC1CNC(=O)Nc1cc(C(=O)O)ccc1Br. The molecule has 0 aliphatic heterocycles. The molecule has 0 aromatic heterocycles. The maximum atomic E-state index is 11.9. The number of nitrogens with one attached hydrogen (secondary N) is 2. The highest BCUT2D eigenvalue weighted by atomic mass is 79.9. The standard InChI is InChI=1S/C15H19BrN2O3/c1-9-3-2-4-11(9)8-17-15(21)18-13-7-10(14(19)20)5-6-12(13)16/h5-7,9,11H,2-4,8H2,1H3,(H,19,20)(H2,17,18,21). The first kappa shape index (κ1) is 15.8. The highest BCUT2D eigenvalue weighted by Crippen LogP contribution is 2.30. The number of halogens is 1. The average molecular weight is 355 g/mol. The number of carbonyl (C=O) groups excluding carboxylic acids is 1. The average Bonchev–Trinajstić information content (AvgIpc) is 2.84. The van der Waals surface area contributed by atoms with Crippen molar-refractivity contribution in [2.45, 2.75) is 26.2 Å². The molecule has 3 N–H and O–H groups in total. The van der Waals surface area contributed by atoms with Crippen LogP contribution in [-0.2, 0) is 0 Å². The minimum Gasteiger partial charge on any atom is -0.478 e. The van der Waals surface area contributed by atoms with Crippen molar-refractivity contribution in [3.05, 3.63) is 28.2 Å². The second-order valence-corrected chi connectivity index (χ2v) is 6.36. The Morgan fingerprint density at radius 1 is 1.38 bits per heavy atom. The Hall–Kier alpha value is -1.56. The van der Waals surface area contributed by atoms with Crippen molar-refractivity contribution in [1.29, 1.82) is 0 Å². The highest BCUT2D eigenvalue weighted by molar-refractivity contribution is 9.10. The number of carbonyl (C=O) groups is 2. The number of carboxylic acids is 1. The zero-order valence-electron chi connectivity index (χ0n) is 11.9. The summed E-state index contributed by atoms with van der Waals surface area (Å²) in [5.41, 5.74) is 0.588. The van der Waals surface area contributed by atoms with Crippen LogP contribution >= 0.6 is 15.9 Å². The van der Waals surface area contributed by atoms with Gasteiger partial charge in [0.05, 0.1) is 11.3 Å². The van der Waals surface area contributed by atoms with Crippen molar-refractivity contribution >= 4 is 33.6 Å². The van der Waals surface area contributed by atoms with Gasteiger partial charge in [0.2, 0.25) is 0 Å². The van der Waals surface area contributed by atoms with Gasteiger partial charge < -0.3 is 15.7 Å². The summed E-state index contributed by atoms with van der Waals surface area (Å²) in [5, 5.41) is 14.5. The van der Waals surface area contributed by atoms with E-state index < -0.39 is 5.97 Å². The van der Waals surface area contributed by atoms with Crippen LogP contribution in [0.3, 0.4) is 0 Å². The second-order valence-electron chi connectivity index (χ2n) is 5.50. The fourth-order valence-electron chi connectivity index (χ4n) is 2.67. The summed E-state index contributed by atoms with van der Waals surface area (Å²) in [4.78, 5) is 22.9. The molecule has 1 fully saturated rings. The van der Waals surface area contributed by atoms with Gasteiger partial charge in [-0.05, 0) is 52.4 Å². The Morgan fingerprint density at radius 2 is 2.14 bits per heavy atom. The quantitative estimate of drug-likeness (QED) is 0.771. The van der Waals surface area contributed by atoms with E-state index in [0.29, 0.717) is 28.5 Å². The van der Waals surface area contributed by atoms with E-state index in [1.54, 1.807) is 6.07 Å². The fourth-order valence-corrected chi connectivity index (χ4v) is 3.02. The van der Waals surface area contributed by atoms with Crippen LogP contribution in [0.4, 0.5) is 10.5 Å². The Labute approximate surface area is 132 Å². The molecule has 2 rings (SSSR count). The molecule has 1 saturated carbocycles. The monoisotopic (exact) mass is 354 g/mol. The first-order chi connectivity index (χ1) is 9.97. The van der Waals surface area contributed by atoms with Gasteiger partial charge in [0, 0.05) is 11.0 Å². The minimum absolute atomic E-state index is 0.137. The van der Waals surface area contributed by atoms with Crippen LogP contribution in [0.25, 0.3) is 0 Å². The summed E-state index contributed by atoms with van der Waals surface area (Å²) < 4.78 is 0.650. The number of amides is 2. The highest BCUT2D eigenvalue weighted by Gasteiger charge is 2.23. The zero-order valence-corrected chi connectivity index (χ0v) is 13.4. The predicted molar refractivity (Wildman–Crippen MR) is 84.6 cm³/mol. The lowest BCUT2D eigenvalue weighted by Crippen LogP contribution is -2.33. The van der Waals surface area contributed by atoms with Crippen LogP contribution < -0.4 is 10.6 Å². The van der Waals surface area contributed by atoms with Gasteiger partial charge in [0.1, 0.15) is 0 Å². The Kier molecular flexibility index (Phi) is 5.22. The summed E-state index contributed by atoms with van der Waals surface area (Å²) in [5.74, 6) is 0.155. The van der Waals surface area contributed by atoms with E-state index in [-0.39, 0.29) is 11.6 Å². The number of benzene rings is 1. The van der Waals surface area contributed by atoms with E-state index in [0.717, 1.165) is 6.42 Å². The number of carboxylic acid groups (broad SMARTS) is 1. The number of aromatic carboxylic acids is 1. The van der Waals surface area contributed by atoms with Crippen molar-refractivity contribution in [3.8, 4) is 0 Å². The van der Waals surface area contributed by atoms with E-state index in [9.17, 15) is 9.59 Å². The lowest BCUT2D eigenvalue weighted by molar-refractivity contribution is 0.0697. The van der Waals surface area contributed by atoms with Crippen LogP contribution in [-0.4, -0.2) is 23.7 Å². The molecule has 0 bridgehead atoms. The molecule has 114 valence electrons. The topological polar surface area (TPSA) is 78.4 Å². The Morgan fingerprint density at radius 3 is 2.76 bits per heavy atom. The molecule has 1 aromatic rings. The summed E-state index contributed by atoms with van der Waals surface area (Å²) >= 11 is 3.30. The molecule has 5 nitrogen and oxygen atoms in total. The van der Waals surface area contributed by atoms with Gasteiger partial charge >= 0.3 is 12.0 Å². The molecule has 2 amide bonds. The van der Waals surface area contributed by atoms with Gasteiger partial charge in [-0.15, -0.1) is 0 Å². The third-order valence-electron chi connectivity index (χ3n) is 4.03. The van der Waals surface area contributed by atoms with E-state index in [4.69, 9.17) is 5.11 Å². The van der Waals surface area contributed by atoms with E-state index in [1.165, 1.54) is 25.0 Å². The van der Waals surface area contributed by atoms with E-state index >= 15 is 0 Å². The van der Waals surface area contributed by atoms with E-state index in [1.807, 2.05) is 0 Å². The van der Waals surface area contributed by atoms with Crippen LogP contribution in [0.15, 0.2) is 22.7 Å². The molecule has 1 aliphatic carbocycles. The fraction of sp³-hybridized carbons (Fsp3) is 0.467. The molecule has 2 unspecified atom stereocenters. The maximum absolute atomic E-state index is 11.9. The molecule has 2 atom stereocenters. The van der Waals surface area contributed by atoms with Crippen LogP contribution in [0.5, 0.6) is 0 Å². The van der Waals surface area contributed by atoms with Crippen LogP contribution in [0.2, 0.25) is 0 Å². The smallest absolute Gasteiger partial charge is 0.335 e. The largest absolute Gasteiger partial charge is 0.478 e. The Bertz CT molecular complexity index is 548. The molecule has 1 aromatic carbocycles. The molecule has 6 heteroatoms. The summed E-state index contributed by atoms with van der Waals surface area (Å²) in [6.45, 7) is 2.87. The molecule has 0 spiro atoms. The normalized spacial score (nSPS) is 21.0. The summed E-state index contributed by atoms with van der Waals surface area (Å²) in [6, 6.07) is 4.22. The molecular formula is C15H19BrN2O3. The molecule has 0 radical (unpaired) electrons. The zero-order chi connectivity index (χ0) is 15.4. The van der Waals surface area contributed by atoms with Crippen LogP contribution in [0, 0.1) is 11.8 Å². The van der Waals surface area contributed by atoms with Gasteiger partial charge in [-0.25, -0.2) is 9.59 Å². The molecule has 1 aliphatic rings. The minimum atomic E-state index is -1.02. The second kappa shape index (κ2) is 6.93. The van der Waals surface area contributed by atoms with Crippen molar-refractivity contribution < 1.29 is 14.7 Å². The van der Waals surface area contributed by atoms with Gasteiger partial charge in [-0.1, -0.05) is 19.8 Å². The number of urea groups is 1. The predicted octanol–water partition coefficient (Wildman–Crippen LogP) is 3.71. The van der Waals surface area contributed by atoms with Crippen molar-refractivity contribution in [3.63, 3.8) is 0 Å². The Balaban J connectivity index is 1.93. The number of hydrogen-bond donors (Lipinski definition) is 3. The molecule has 21 heavy (non-hydrogen) atoms. The van der Waals surface area contributed by atoms with Crippen molar-refractivity contribution in [2.24, 2.45) is 11.8 Å². The maximum Gasteiger partial charge on any atom is 0.335 e. The van der Waals surface area contributed by atoms with Gasteiger partial charge in [0.25, 0.3) is 0 Å². The van der Waals surface area contributed by atoms with Crippen molar-refractivity contribution in [1.82, 2.24) is 5.32 Å². The number of hydrogen-bond acceptors (Lipinski definition) is 2. The molecule has 0 heterocycles. The van der Waals surface area contributed by atoms with Gasteiger partial charge in [-0.3, -0.25) is 0 Å². The van der Waals surface area contributed by atoms with E-state index in [2.05, 4.69) is 33.5 Å². The third kappa shape index (κ3) is 4.20. The first-order valence-corrected chi connectivity index (χ1v) is 7.84. The third-order valence-corrected chi connectivity index (χ3v) is 4.72. The summed E-state index contributed by atoms with van der Waals surface area (Å²) in [7, 11) is 0. The summed E-state index contributed by atoms with van der Waals surface area (Å²) in [6.07, 6.45) is 3.60. The molecular weight excluding hydrogens is 336 g/mol. The number of anilines is 1. The number of rotatable bonds is 4. The van der Waals surface area contributed by atoms with Gasteiger partial charge in [0.15, 0.2) is 0 Å².